The lowest BCUT2D eigenvalue weighted by molar-refractivity contribution is 0.326. The standard InChI is InChI=1S/C15H21N5O2/c1-4-21-13-8-12(16-9-17-13)20-7-5-6-11(20)14-18-15(10(2)3)22-19-14/h8-11H,4-7H2,1-3H3. The van der Waals surface area contributed by atoms with E-state index in [2.05, 4.69) is 25.0 Å². The third-order valence-electron chi connectivity index (χ3n) is 3.72. The molecule has 1 saturated heterocycles. The summed E-state index contributed by atoms with van der Waals surface area (Å²) in [4.78, 5) is 15.2. The molecule has 1 aliphatic heterocycles. The van der Waals surface area contributed by atoms with Gasteiger partial charge in [-0.3, -0.25) is 0 Å². The Morgan fingerprint density at radius 1 is 1.41 bits per heavy atom. The predicted octanol–water partition coefficient (Wildman–Crippen LogP) is 2.72. The number of ether oxygens (including phenoxy) is 1. The van der Waals surface area contributed by atoms with E-state index in [9.17, 15) is 0 Å². The van der Waals surface area contributed by atoms with Crippen molar-refractivity contribution in [1.82, 2.24) is 20.1 Å². The van der Waals surface area contributed by atoms with Gasteiger partial charge in [-0.05, 0) is 19.8 Å². The van der Waals surface area contributed by atoms with Crippen LogP contribution in [0.5, 0.6) is 5.88 Å². The normalized spacial score (nSPS) is 18.2. The molecule has 1 atom stereocenters. The van der Waals surface area contributed by atoms with E-state index in [0.29, 0.717) is 18.4 Å². The van der Waals surface area contributed by atoms with E-state index >= 15 is 0 Å². The molecule has 0 amide bonds. The highest BCUT2D eigenvalue weighted by molar-refractivity contribution is 5.44. The molecular weight excluding hydrogens is 282 g/mol. The molecule has 118 valence electrons. The summed E-state index contributed by atoms with van der Waals surface area (Å²) in [6, 6.07) is 1.96. The molecule has 0 bridgehead atoms. The Balaban J connectivity index is 1.84. The third kappa shape index (κ3) is 2.88. The molecule has 0 aromatic carbocycles. The van der Waals surface area contributed by atoms with Crippen LogP contribution in [0.4, 0.5) is 5.82 Å². The van der Waals surface area contributed by atoms with E-state index < -0.39 is 0 Å². The molecule has 2 aromatic rings. The van der Waals surface area contributed by atoms with Crippen molar-refractivity contribution in [2.24, 2.45) is 0 Å². The number of hydrogen-bond donors (Lipinski definition) is 0. The second-order valence-electron chi connectivity index (χ2n) is 5.64. The van der Waals surface area contributed by atoms with Crippen molar-refractivity contribution in [2.75, 3.05) is 18.1 Å². The van der Waals surface area contributed by atoms with Crippen molar-refractivity contribution in [3.63, 3.8) is 0 Å². The average Bonchev–Trinajstić information content (AvgIpc) is 3.17. The second-order valence-corrected chi connectivity index (χ2v) is 5.64. The summed E-state index contributed by atoms with van der Waals surface area (Å²) < 4.78 is 10.8. The number of rotatable bonds is 5. The quantitative estimate of drug-likeness (QED) is 0.840. The van der Waals surface area contributed by atoms with Gasteiger partial charge in [-0.1, -0.05) is 19.0 Å². The van der Waals surface area contributed by atoms with Crippen LogP contribution in [-0.2, 0) is 0 Å². The van der Waals surface area contributed by atoms with Gasteiger partial charge in [-0.15, -0.1) is 0 Å². The zero-order chi connectivity index (χ0) is 15.5. The summed E-state index contributed by atoms with van der Waals surface area (Å²) in [7, 11) is 0. The minimum Gasteiger partial charge on any atom is -0.478 e. The van der Waals surface area contributed by atoms with Crippen LogP contribution in [0.3, 0.4) is 0 Å². The largest absolute Gasteiger partial charge is 0.478 e. The molecule has 22 heavy (non-hydrogen) atoms. The smallest absolute Gasteiger partial charge is 0.229 e. The number of anilines is 1. The highest BCUT2D eigenvalue weighted by atomic mass is 16.5. The molecular formula is C15H21N5O2. The van der Waals surface area contributed by atoms with E-state index in [-0.39, 0.29) is 12.0 Å². The van der Waals surface area contributed by atoms with Crippen molar-refractivity contribution in [2.45, 2.75) is 45.6 Å². The Kier molecular flexibility index (Phi) is 4.22. The summed E-state index contributed by atoms with van der Waals surface area (Å²) in [5.74, 6) is 3.09. The molecule has 0 N–H and O–H groups in total. The lowest BCUT2D eigenvalue weighted by Gasteiger charge is -2.23. The fourth-order valence-corrected chi connectivity index (χ4v) is 2.64. The molecule has 1 aliphatic rings. The molecule has 0 aliphatic carbocycles. The molecule has 7 nitrogen and oxygen atoms in total. The second kappa shape index (κ2) is 6.29. The Morgan fingerprint density at radius 2 is 2.27 bits per heavy atom. The van der Waals surface area contributed by atoms with E-state index in [0.717, 1.165) is 31.0 Å². The maximum Gasteiger partial charge on any atom is 0.229 e. The van der Waals surface area contributed by atoms with Gasteiger partial charge in [0.1, 0.15) is 12.1 Å². The van der Waals surface area contributed by atoms with Crippen LogP contribution >= 0.6 is 0 Å². The average molecular weight is 303 g/mol. The topological polar surface area (TPSA) is 77.2 Å². The van der Waals surface area contributed by atoms with E-state index in [1.54, 1.807) is 0 Å². The monoisotopic (exact) mass is 303 g/mol. The van der Waals surface area contributed by atoms with Gasteiger partial charge in [-0.2, -0.15) is 4.98 Å². The van der Waals surface area contributed by atoms with Crippen molar-refractivity contribution >= 4 is 5.82 Å². The summed E-state index contributed by atoms with van der Waals surface area (Å²) in [5, 5.41) is 4.15. The van der Waals surface area contributed by atoms with Crippen LogP contribution in [-0.4, -0.2) is 33.3 Å². The van der Waals surface area contributed by atoms with Crippen molar-refractivity contribution in [1.29, 1.82) is 0 Å². The van der Waals surface area contributed by atoms with E-state index in [1.807, 2.05) is 26.8 Å². The Hall–Kier alpha value is -2.18. The number of nitrogens with zero attached hydrogens (tertiary/aromatic N) is 5. The molecule has 2 aromatic heterocycles. The van der Waals surface area contributed by atoms with Gasteiger partial charge in [0, 0.05) is 18.5 Å². The Bertz CT molecular complexity index is 628. The third-order valence-corrected chi connectivity index (χ3v) is 3.72. The van der Waals surface area contributed by atoms with Crippen LogP contribution in [0, 0.1) is 0 Å². The van der Waals surface area contributed by atoms with Crippen LogP contribution in [0.2, 0.25) is 0 Å². The van der Waals surface area contributed by atoms with Crippen molar-refractivity contribution in [3.8, 4) is 5.88 Å². The first kappa shape index (κ1) is 14.7. The Labute approximate surface area is 129 Å². The molecule has 7 heteroatoms. The maximum atomic E-state index is 5.46. The zero-order valence-corrected chi connectivity index (χ0v) is 13.2. The molecule has 0 spiro atoms. The minimum absolute atomic E-state index is 0.0978. The molecule has 1 fully saturated rings. The highest BCUT2D eigenvalue weighted by Crippen LogP contribution is 2.34. The van der Waals surface area contributed by atoms with Crippen LogP contribution in [0.1, 0.15) is 57.3 Å². The molecule has 0 saturated carbocycles. The number of aromatic nitrogens is 4. The molecule has 3 heterocycles. The summed E-state index contributed by atoms with van der Waals surface area (Å²) in [5.41, 5.74) is 0. The van der Waals surface area contributed by atoms with Crippen LogP contribution in [0.25, 0.3) is 0 Å². The van der Waals surface area contributed by atoms with Gasteiger partial charge in [0.2, 0.25) is 11.8 Å². The predicted molar refractivity (Wildman–Crippen MR) is 80.9 cm³/mol. The van der Waals surface area contributed by atoms with Crippen LogP contribution < -0.4 is 9.64 Å². The first-order valence-electron chi connectivity index (χ1n) is 7.74. The summed E-state index contributed by atoms with van der Waals surface area (Å²) >= 11 is 0. The van der Waals surface area contributed by atoms with Gasteiger partial charge >= 0.3 is 0 Å². The van der Waals surface area contributed by atoms with Crippen molar-refractivity contribution in [3.05, 3.63) is 24.1 Å². The Morgan fingerprint density at radius 3 is 3.00 bits per heavy atom. The molecule has 3 rings (SSSR count). The molecule has 1 unspecified atom stereocenters. The van der Waals surface area contributed by atoms with E-state index in [4.69, 9.17) is 9.26 Å². The SMILES string of the molecule is CCOc1cc(N2CCCC2c2noc(C(C)C)n2)ncn1. The maximum absolute atomic E-state index is 5.46. The van der Waals surface area contributed by atoms with Gasteiger partial charge < -0.3 is 14.2 Å². The lowest BCUT2D eigenvalue weighted by Crippen LogP contribution is -2.24. The van der Waals surface area contributed by atoms with Gasteiger partial charge in [0.15, 0.2) is 5.82 Å². The zero-order valence-electron chi connectivity index (χ0n) is 13.2. The summed E-state index contributed by atoms with van der Waals surface area (Å²) in [6.07, 6.45) is 3.60. The van der Waals surface area contributed by atoms with Gasteiger partial charge in [-0.25, -0.2) is 9.97 Å². The fraction of sp³-hybridized carbons (Fsp3) is 0.600. The summed E-state index contributed by atoms with van der Waals surface area (Å²) in [6.45, 7) is 7.53. The van der Waals surface area contributed by atoms with Gasteiger partial charge in [0.25, 0.3) is 0 Å². The lowest BCUT2D eigenvalue weighted by atomic mass is 10.2. The van der Waals surface area contributed by atoms with Crippen LogP contribution in [0.15, 0.2) is 16.9 Å². The minimum atomic E-state index is 0.0978. The first-order chi connectivity index (χ1) is 10.7. The first-order valence-corrected chi connectivity index (χ1v) is 7.74. The highest BCUT2D eigenvalue weighted by Gasteiger charge is 2.31. The van der Waals surface area contributed by atoms with Crippen molar-refractivity contribution < 1.29 is 9.26 Å². The van der Waals surface area contributed by atoms with Gasteiger partial charge in [0.05, 0.1) is 12.6 Å². The van der Waals surface area contributed by atoms with E-state index in [1.165, 1.54) is 6.33 Å². The number of hydrogen-bond acceptors (Lipinski definition) is 7. The fourth-order valence-electron chi connectivity index (χ4n) is 2.64. The molecule has 0 radical (unpaired) electrons.